The molecule has 0 saturated heterocycles. The maximum Gasteiger partial charge on any atom is 0.265 e. The largest absolute Gasteiger partial charge is 0.495 e. The van der Waals surface area contributed by atoms with Crippen molar-refractivity contribution in [1.29, 1.82) is 0 Å². The van der Waals surface area contributed by atoms with Gasteiger partial charge in [0.05, 0.1) is 36.5 Å². The number of fused-ring (bicyclic) bond motifs is 1. The predicted octanol–water partition coefficient (Wildman–Crippen LogP) is 2.92. The minimum absolute atomic E-state index is 0.239. The molecule has 7 nitrogen and oxygen atoms in total. The number of aromatic nitrogens is 2. The third-order valence-electron chi connectivity index (χ3n) is 4.37. The molecule has 28 heavy (non-hydrogen) atoms. The number of nitrogens with zero attached hydrogens (tertiary/aromatic N) is 2. The molecule has 0 aliphatic heterocycles. The summed E-state index contributed by atoms with van der Waals surface area (Å²) in [5.74, 6) is 0.959. The molecule has 0 fully saturated rings. The Kier molecular flexibility index (Phi) is 4.63. The van der Waals surface area contributed by atoms with Gasteiger partial charge in [0.2, 0.25) is 0 Å². The van der Waals surface area contributed by atoms with Crippen LogP contribution in [0.2, 0.25) is 0 Å². The molecule has 7 heteroatoms. The van der Waals surface area contributed by atoms with Crippen molar-refractivity contribution in [2.45, 2.75) is 6.54 Å². The molecule has 0 aliphatic carbocycles. The predicted molar refractivity (Wildman–Crippen MR) is 104 cm³/mol. The summed E-state index contributed by atoms with van der Waals surface area (Å²) in [5, 5.41) is 3.19. The van der Waals surface area contributed by atoms with Gasteiger partial charge in [0.15, 0.2) is 0 Å². The molecule has 0 radical (unpaired) electrons. The Morgan fingerprint density at radius 1 is 1.18 bits per heavy atom. The molecule has 0 bridgehead atoms. The quantitative estimate of drug-likeness (QED) is 0.580. The molecule has 2 heterocycles. The highest BCUT2D eigenvalue weighted by molar-refractivity contribution is 5.97. The number of furan rings is 1. The first kappa shape index (κ1) is 17.5. The average molecular weight is 375 g/mol. The smallest absolute Gasteiger partial charge is 0.265 e. The van der Waals surface area contributed by atoms with E-state index >= 15 is 0 Å². The Labute approximate surface area is 160 Å². The maximum absolute atomic E-state index is 12.9. The van der Waals surface area contributed by atoms with E-state index in [0.29, 0.717) is 33.7 Å². The molecule has 4 aromatic rings. The van der Waals surface area contributed by atoms with Crippen LogP contribution in [-0.2, 0) is 6.54 Å². The molecule has 2 aromatic heterocycles. The van der Waals surface area contributed by atoms with Crippen LogP contribution in [0.1, 0.15) is 16.1 Å². The number of hydrogen-bond acceptors (Lipinski definition) is 5. The first-order valence-corrected chi connectivity index (χ1v) is 8.63. The molecule has 1 amide bonds. The van der Waals surface area contributed by atoms with Gasteiger partial charge in [-0.3, -0.25) is 14.2 Å². The molecule has 0 saturated carbocycles. The second kappa shape index (κ2) is 7.40. The molecular weight excluding hydrogens is 358 g/mol. The van der Waals surface area contributed by atoms with Crippen molar-refractivity contribution < 1.29 is 13.9 Å². The number of nitrogens with one attached hydrogen (secondary N) is 1. The summed E-state index contributed by atoms with van der Waals surface area (Å²) in [6, 6.07) is 15.6. The molecule has 4 rings (SSSR count). The number of para-hydroxylation sites is 2. The Bertz CT molecular complexity index is 1200. The summed E-state index contributed by atoms with van der Waals surface area (Å²) >= 11 is 0. The number of hydrogen-bond donors (Lipinski definition) is 1. The van der Waals surface area contributed by atoms with Crippen molar-refractivity contribution >= 4 is 16.8 Å². The van der Waals surface area contributed by atoms with Gasteiger partial charge in [0, 0.05) is 5.56 Å². The van der Waals surface area contributed by atoms with E-state index in [1.165, 1.54) is 10.9 Å². The number of ether oxygens (including phenoxy) is 1. The molecule has 0 atom stereocenters. The zero-order chi connectivity index (χ0) is 19.5. The second-order valence-electron chi connectivity index (χ2n) is 6.09. The second-order valence-corrected chi connectivity index (χ2v) is 6.09. The standard InChI is InChI=1S/C21H17N3O4/c1-27-19-7-3-2-6-18(19)24-13-23-17-11-14(8-9-16(17)21(24)26)20(25)22-12-15-5-4-10-28-15/h2-11,13H,12H2,1H3,(H,22,25). The third kappa shape index (κ3) is 3.25. The van der Waals surface area contributed by atoms with E-state index in [9.17, 15) is 9.59 Å². The molecule has 1 N–H and O–H groups in total. The van der Waals surface area contributed by atoms with Gasteiger partial charge in [-0.2, -0.15) is 0 Å². The van der Waals surface area contributed by atoms with Crippen LogP contribution >= 0.6 is 0 Å². The van der Waals surface area contributed by atoms with Gasteiger partial charge in [0.1, 0.15) is 17.8 Å². The summed E-state index contributed by atoms with van der Waals surface area (Å²) in [7, 11) is 1.55. The average Bonchev–Trinajstić information content (AvgIpc) is 3.26. The summed E-state index contributed by atoms with van der Waals surface area (Å²) in [5.41, 5.74) is 1.23. The van der Waals surface area contributed by atoms with E-state index in [-0.39, 0.29) is 18.0 Å². The van der Waals surface area contributed by atoms with E-state index in [2.05, 4.69) is 10.3 Å². The van der Waals surface area contributed by atoms with Crippen LogP contribution in [0.5, 0.6) is 5.75 Å². The minimum Gasteiger partial charge on any atom is -0.495 e. The highest BCUT2D eigenvalue weighted by Gasteiger charge is 2.12. The van der Waals surface area contributed by atoms with Crippen molar-refractivity contribution in [3.05, 3.63) is 88.9 Å². The van der Waals surface area contributed by atoms with E-state index in [0.717, 1.165) is 0 Å². The molecule has 140 valence electrons. The Morgan fingerprint density at radius 2 is 2.04 bits per heavy atom. The van der Waals surface area contributed by atoms with Crippen molar-refractivity contribution in [2.75, 3.05) is 7.11 Å². The fraction of sp³-hybridized carbons (Fsp3) is 0.0952. The van der Waals surface area contributed by atoms with Crippen LogP contribution in [-0.4, -0.2) is 22.6 Å². The number of methoxy groups -OCH3 is 1. The monoisotopic (exact) mass is 375 g/mol. The van der Waals surface area contributed by atoms with Crippen LogP contribution in [0, 0.1) is 0 Å². The molecule has 2 aromatic carbocycles. The van der Waals surface area contributed by atoms with Gasteiger partial charge in [-0.05, 0) is 42.5 Å². The number of rotatable bonds is 5. The molecule has 0 aliphatic rings. The van der Waals surface area contributed by atoms with Crippen LogP contribution in [0.3, 0.4) is 0 Å². The first-order chi connectivity index (χ1) is 13.7. The number of carbonyl (C=O) groups is 1. The Balaban J connectivity index is 1.66. The van der Waals surface area contributed by atoms with Crippen LogP contribution in [0.25, 0.3) is 16.6 Å². The SMILES string of the molecule is COc1ccccc1-n1cnc2cc(C(=O)NCc3ccco3)ccc2c1=O. The Hall–Kier alpha value is -3.87. The van der Waals surface area contributed by atoms with Gasteiger partial charge >= 0.3 is 0 Å². The van der Waals surface area contributed by atoms with Crippen molar-refractivity contribution in [3.63, 3.8) is 0 Å². The first-order valence-electron chi connectivity index (χ1n) is 8.63. The van der Waals surface area contributed by atoms with E-state index in [4.69, 9.17) is 9.15 Å². The Morgan fingerprint density at radius 3 is 2.82 bits per heavy atom. The summed E-state index contributed by atoms with van der Waals surface area (Å²) in [6.07, 6.45) is 2.99. The molecule has 0 spiro atoms. The van der Waals surface area contributed by atoms with E-state index in [1.54, 1.807) is 55.8 Å². The summed E-state index contributed by atoms with van der Waals surface area (Å²) in [6.45, 7) is 0.284. The minimum atomic E-state index is -0.269. The van der Waals surface area contributed by atoms with E-state index in [1.807, 2.05) is 12.1 Å². The lowest BCUT2D eigenvalue weighted by atomic mass is 10.1. The van der Waals surface area contributed by atoms with Crippen molar-refractivity contribution in [3.8, 4) is 11.4 Å². The molecular formula is C21H17N3O4. The lowest BCUT2D eigenvalue weighted by molar-refractivity contribution is 0.0948. The summed E-state index contributed by atoms with van der Waals surface area (Å²) < 4.78 is 12.0. The van der Waals surface area contributed by atoms with Crippen LogP contribution in [0.15, 0.2) is 76.4 Å². The van der Waals surface area contributed by atoms with Gasteiger partial charge in [-0.15, -0.1) is 0 Å². The van der Waals surface area contributed by atoms with Gasteiger partial charge in [-0.1, -0.05) is 12.1 Å². The normalized spacial score (nSPS) is 10.8. The van der Waals surface area contributed by atoms with Crippen LogP contribution < -0.4 is 15.6 Å². The number of amides is 1. The van der Waals surface area contributed by atoms with Gasteiger partial charge in [0.25, 0.3) is 11.5 Å². The zero-order valence-electron chi connectivity index (χ0n) is 15.1. The highest BCUT2D eigenvalue weighted by atomic mass is 16.5. The fourth-order valence-electron chi connectivity index (χ4n) is 2.95. The van der Waals surface area contributed by atoms with Crippen molar-refractivity contribution in [1.82, 2.24) is 14.9 Å². The highest BCUT2D eigenvalue weighted by Crippen LogP contribution is 2.21. The number of benzene rings is 2. The van der Waals surface area contributed by atoms with Gasteiger partial charge in [-0.25, -0.2) is 4.98 Å². The topological polar surface area (TPSA) is 86.4 Å². The lowest BCUT2D eigenvalue weighted by Crippen LogP contribution is -2.23. The van der Waals surface area contributed by atoms with Crippen LogP contribution in [0.4, 0.5) is 0 Å². The van der Waals surface area contributed by atoms with E-state index < -0.39 is 0 Å². The van der Waals surface area contributed by atoms with Gasteiger partial charge < -0.3 is 14.5 Å². The zero-order valence-corrected chi connectivity index (χ0v) is 15.1. The third-order valence-corrected chi connectivity index (χ3v) is 4.37. The molecule has 0 unspecified atom stereocenters. The maximum atomic E-state index is 12.9. The number of carbonyl (C=O) groups excluding carboxylic acids is 1. The fourth-order valence-corrected chi connectivity index (χ4v) is 2.95. The summed E-state index contributed by atoms with van der Waals surface area (Å²) in [4.78, 5) is 29.6. The lowest BCUT2D eigenvalue weighted by Gasteiger charge is -2.11. The van der Waals surface area contributed by atoms with Crippen molar-refractivity contribution in [2.24, 2.45) is 0 Å².